The molecule has 0 atom stereocenters. The number of hydrogen-bond donors (Lipinski definition) is 1. The molecule has 4 aromatic rings. The summed E-state index contributed by atoms with van der Waals surface area (Å²) in [7, 11) is 3.12. The molecule has 36 heavy (non-hydrogen) atoms. The topological polar surface area (TPSA) is 74.6 Å². The fourth-order valence-electron chi connectivity index (χ4n) is 4.36. The van der Waals surface area contributed by atoms with Crippen LogP contribution in [0.5, 0.6) is 17.2 Å². The number of nitrogens with zero attached hydrogens (tertiary/aromatic N) is 2. The molecule has 0 aliphatic heterocycles. The van der Waals surface area contributed by atoms with Crippen LogP contribution in [0.4, 0.5) is 0 Å². The van der Waals surface area contributed by atoms with E-state index in [4.69, 9.17) is 19.2 Å². The molecule has 1 heterocycles. The van der Waals surface area contributed by atoms with E-state index in [1.54, 1.807) is 32.4 Å². The van der Waals surface area contributed by atoms with Crippen LogP contribution in [0.1, 0.15) is 33.7 Å². The molecule has 4 rings (SSSR count). The molecule has 188 valence electrons. The van der Waals surface area contributed by atoms with Gasteiger partial charge in [-0.1, -0.05) is 18.2 Å². The van der Waals surface area contributed by atoms with Crippen LogP contribution in [0.25, 0.3) is 11.0 Å². The van der Waals surface area contributed by atoms with Crippen molar-refractivity contribution in [1.29, 1.82) is 0 Å². The van der Waals surface area contributed by atoms with Gasteiger partial charge in [-0.2, -0.15) is 0 Å². The largest absolute Gasteiger partial charge is 0.493 e. The summed E-state index contributed by atoms with van der Waals surface area (Å²) in [6.07, 6.45) is 1.50. The molecule has 0 unspecified atom stereocenters. The minimum absolute atomic E-state index is 0.147. The van der Waals surface area contributed by atoms with Crippen LogP contribution in [0.15, 0.2) is 60.7 Å². The van der Waals surface area contributed by atoms with E-state index in [0.29, 0.717) is 36.8 Å². The molecule has 0 radical (unpaired) electrons. The highest BCUT2D eigenvalue weighted by Crippen LogP contribution is 2.27. The van der Waals surface area contributed by atoms with Crippen molar-refractivity contribution in [2.24, 2.45) is 0 Å². The second-order valence-electron chi connectivity index (χ2n) is 8.77. The van der Waals surface area contributed by atoms with Crippen molar-refractivity contribution < 1.29 is 19.0 Å². The number of hydrogen-bond acceptors (Lipinski definition) is 5. The van der Waals surface area contributed by atoms with Crippen LogP contribution in [0.2, 0.25) is 0 Å². The van der Waals surface area contributed by atoms with Gasteiger partial charge in [-0.3, -0.25) is 4.79 Å². The lowest BCUT2D eigenvalue weighted by Gasteiger charge is -2.12. The van der Waals surface area contributed by atoms with Gasteiger partial charge in [0.1, 0.15) is 18.2 Å². The lowest BCUT2D eigenvalue weighted by molar-refractivity contribution is 0.0952. The number of nitrogens with one attached hydrogen (secondary N) is 1. The van der Waals surface area contributed by atoms with Gasteiger partial charge in [0.2, 0.25) is 0 Å². The Morgan fingerprint density at radius 3 is 2.44 bits per heavy atom. The van der Waals surface area contributed by atoms with E-state index in [-0.39, 0.29) is 5.91 Å². The number of imidazole rings is 1. The number of carbonyl (C=O) groups excluding carboxylic acids is 1. The first-order chi connectivity index (χ1) is 17.5. The Hall–Kier alpha value is -4.00. The van der Waals surface area contributed by atoms with Gasteiger partial charge in [0.25, 0.3) is 5.91 Å². The van der Waals surface area contributed by atoms with Crippen LogP contribution < -0.4 is 19.5 Å². The molecule has 0 saturated carbocycles. The maximum Gasteiger partial charge on any atom is 0.251 e. The zero-order valence-electron chi connectivity index (χ0n) is 21.3. The van der Waals surface area contributed by atoms with E-state index in [9.17, 15) is 4.79 Å². The lowest BCUT2D eigenvalue weighted by atomic mass is 10.1. The van der Waals surface area contributed by atoms with Crippen molar-refractivity contribution in [2.45, 2.75) is 33.2 Å². The Kier molecular flexibility index (Phi) is 8.10. The zero-order valence-corrected chi connectivity index (χ0v) is 21.3. The van der Waals surface area contributed by atoms with Gasteiger partial charge in [-0.25, -0.2) is 4.98 Å². The third-order valence-electron chi connectivity index (χ3n) is 6.02. The fourth-order valence-corrected chi connectivity index (χ4v) is 4.36. The first-order valence-corrected chi connectivity index (χ1v) is 12.1. The highest BCUT2D eigenvalue weighted by molar-refractivity contribution is 5.94. The fraction of sp³-hybridized carbons (Fsp3) is 0.310. The number of fused-ring (bicyclic) bond motifs is 1. The van der Waals surface area contributed by atoms with E-state index in [0.717, 1.165) is 35.4 Å². The summed E-state index contributed by atoms with van der Waals surface area (Å²) in [5.74, 6) is 2.85. The highest BCUT2D eigenvalue weighted by atomic mass is 16.5. The average Bonchev–Trinajstić information content (AvgIpc) is 3.22. The first kappa shape index (κ1) is 25.1. The molecule has 0 bridgehead atoms. The number of ether oxygens (including phenoxy) is 3. The van der Waals surface area contributed by atoms with Crippen molar-refractivity contribution in [2.75, 3.05) is 27.4 Å². The van der Waals surface area contributed by atoms with Gasteiger partial charge < -0.3 is 24.1 Å². The molecule has 3 aromatic carbocycles. The molecule has 1 amide bonds. The van der Waals surface area contributed by atoms with Crippen molar-refractivity contribution in [1.82, 2.24) is 14.9 Å². The monoisotopic (exact) mass is 487 g/mol. The number of aryl methyl sites for hydroxylation is 3. The van der Waals surface area contributed by atoms with E-state index >= 15 is 0 Å². The number of carbonyl (C=O) groups is 1. The number of rotatable bonds is 11. The minimum Gasteiger partial charge on any atom is -0.493 e. The quantitative estimate of drug-likeness (QED) is 0.298. The number of methoxy groups -OCH3 is 2. The Balaban J connectivity index is 1.37. The van der Waals surface area contributed by atoms with Crippen molar-refractivity contribution in [3.8, 4) is 17.2 Å². The third-order valence-corrected chi connectivity index (χ3v) is 6.02. The Labute approximate surface area is 212 Å². The van der Waals surface area contributed by atoms with Crippen molar-refractivity contribution in [3.05, 3.63) is 83.2 Å². The summed E-state index contributed by atoms with van der Waals surface area (Å²) in [5, 5.41) is 2.99. The Morgan fingerprint density at radius 2 is 1.69 bits per heavy atom. The first-order valence-electron chi connectivity index (χ1n) is 12.1. The van der Waals surface area contributed by atoms with E-state index in [1.807, 2.05) is 18.2 Å². The molecule has 0 aliphatic rings. The van der Waals surface area contributed by atoms with Crippen LogP contribution in [-0.2, 0) is 13.0 Å². The summed E-state index contributed by atoms with van der Waals surface area (Å²) < 4.78 is 18.8. The summed E-state index contributed by atoms with van der Waals surface area (Å²) in [6.45, 7) is 5.93. The minimum atomic E-state index is -0.147. The SMILES string of the molecule is COc1ccc(C(=O)NCCCc2nc3ccccc3n2CCOc2cc(C)cc(C)c2)cc1OC. The van der Waals surface area contributed by atoms with Crippen LogP contribution in [0.3, 0.4) is 0 Å². The van der Waals surface area contributed by atoms with E-state index < -0.39 is 0 Å². The van der Waals surface area contributed by atoms with Gasteiger partial charge in [-0.15, -0.1) is 0 Å². The molecule has 0 saturated heterocycles. The van der Waals surface area contributed by atoms with Crippen molar-refractivity contribution >= 4 is 16.9 Å². The van der Waals surface area contributed by atoms with E-state index in [2.05, 4.69) is 48.0 Å². The summed E-state index contributed by atoms with van der Waals surface area (Å²) >= 11 is 0. The maximum atomic E-state index is 12.6. The molecule has 1 aromatic heterocycles. The number of benzene rings is 3. The second-order valence-corrected chi connectivity index (χ2v) is 8.77. The molecule has 0 aliphatic carbocycles. The molecule has 0 spiro atoms. The van der Waals surface area contributed by atoms with Gasteiger partial charge >= 0.3 is 0 Å². The van der Waals surface area contributed by atoms with E-state index in [1.165, 1.54) is 11.1 Å². The van der Waals surface area contributed by atoms with Gasteiger partial charge in [0.05, 0.1) is 31.8 Å². The number of amides is 1. The normalized spacial score (nSPS) is 10.9. The summed E-state index contributed by atoms with van der Waals surface area (Å²) in [4.78, 5) is 17.5. The smallest absolute Gasteiger partial charge is 0.251 e. The van der Waals surface area contributed by atoms with Gasteiger partial charge in [-0.05, 0) is 73.9 Å². The Bertz CT molecular complexity index is 1330. The molecule has 1 N–H and O–H groups in total. The average molecular weight is 488 g/mol. The molecular formula is C29H33N3O4. The Morgan fingerprint density at radius 1 is 0.944 bits per heavy atom. The van der Waals surface area contributed by atoms with Crippen LogP contribution >= 0.6 is 0 Å². The second kappa shape index (κ2) is 11.6. The third kappa shape index (κ3) is 5.97. The molecular weight excluding hydrogens is 454 g/mol. The maximum absolute atomic E-state index is 12.6. The number of para-hydroxylation sites is 2. The van der Waals surface area contributed by atoms with Crippen LogP contribution in [0, 0.1) is 13.8 Å². The molecule has 0 fully saturated rings. The predicted octanol–water partition coefficient (Wildman–Crippen LogP) is 5.11. The highest BCUT2D eigenvalue weighted by Gasteiger charge is 2.13. The van der Waals surface area contributed by atoms with Crippen LogP contribution in [-0.4, -0.2) is 42.8 Å². The summed E-state index contributed by atoms with van der Waals surface area (Å²) in [5.41, 5.74) is 4.96. The van der Waals surface area contributed by atoms with Gasteiger partial charge in [0, 0.05) is 18.5 Å². The predicted molar refractivity (Wildman–Crippen MR) is 141 cm³/mol. The van der Waals surface area contributed by atoms with Crippen molar-refractivity contribution in [3.63, 3.8) is 0 Å². The standard InChI is InChI=1S/C29H33N3O4/c1-20-16-21(2)18-23(17-20)36-15-14-32-25-9-6-5-8-24(25)31-28(32)10-7-13-30-29(33)22-11-12-26(34-3)27(19-22)35-4/h5-6,8-9,11-12,16-19H,7,10,13-15H2,1-4H3,(H,30,33). The molecule has 7 heteroatoms. The zero-order chi connectivity index (χ0) is 25.5. The summed E-state index contributed by atoms with van der Waals surface area (Å²) in [6, 6.07) is 19.5. The number of aromatic nitrogens is 2. The van der Waals surface area contributed by atoms with Gasteiger partial charge in [0.15, 0.2) is 11.5 Å². The molecule has 7 nitrogen and oxygen atoms in total. The lowest BCUT2D eigenvalue weighted by Crippen LogP contribution is -2.25.